The number of carbonyl (C=O) groups is 1. The summed E-state index contributed by atoms with van der Waals surface area (Å²) in [5.41, 5.74) is 2.00. The van der Waals surface area contributed by atoms with E-state index in [1.165, 1.54) is 0 Å². The minimum atomic E-state index is -1.27. The Morgan fingerprint density at radius 2 is 1.81 bits per heavy atom. The molecule has 1 amide bonds. The first kappa shape index (κ1) is 21.0. The maximum absolute atomic E-state index is 14.4. The Morgan fingerprint density at radius 3 is 2.58 bits per heavy atom. The lowest BCUT2D eigenvalue weighted by Crippen LogP contribution is -2.48. The van der Waals surface area contributed by atoms with Gasteiger partial charge in [0.2, 0.25) is 5.91 Å². The van der Waals surface area contributed by atoms with Gasteiger partial charge in [0, 0.05) is 12.6 Å². The number of ether oxygens (including phenoxy) is 1. The molecule has 6 heteroatoms. The first-order valence-corrected chi connectivity index (χ1v) is 10.1. The van der Waals surface area contributed by atoms with Gasteiger partial charge in [-0.15, -0.1) is 0 Å². The molecule has 4 rings (SSSR count). The van der Waals surface area contributed by atoms with E-state index in [2.05, 4.69) is 5.32 Å². The number of hydrogen-bond donors (Lipinski definition) is 1. The third-order valence-corrected chi connectivity index (χ3v) is 5.74. The first-order valence-electron chi connectivity index (χ1n) is 10.1. The van der Waals surface area contributed by atoms with Crippen molar-refractivity contribution in [3.63, 3.8) is 0 Å². The van der Waals surface area contributed by atoms with Crippen LogP contribution in [0.25, 0.3) is 11.1 Å². The molecule has 1 aliphatic rings. The third-order valence-electron chi connectivity index (χ3n) is 5.74. The van der Waals surface area contributed by atoms with Gasteiger partial charge in [0.25, 0.3) is 0 Å². The first-order chi connectivity index (χ1) is 14.8. The fraction of sp³-hybridized carbons (Fsp3) is 0.240. The van der Waals surface area contributed by atoms with Crippen molar-refractivity contribution < 1.29 is 22.7 Å². The third kappa shape index (κ3) is 3.90. The van der Waals surface area contributed by atoms with Crippen molar-refractivity contribution in [2.45, 2.75) is 32.2 Å². The van der Waals surface area contributed by atoms with E-state index in [1.54, 1.807) is 6.92 Å². The summed E-state index contributed by atoms with van der Waals surface area (Å²) in [5.74, 6) is -2.87. The second-order valence-corrected chi connectivity index (χ2v) is 7.89. The smallest absolute Gasteiger partial charge is 0.230 e. The van der Waals surface area contributed by atoms with Crippen LogP contribution in [0.4, 0.5) is 13.2 Å². The minimum absolute atomic E-state index is 0.172. The number of carbonyl (C=O) groups excluding carboxylic acids is 1. The van der Waals surface area contributed by atoms with Crippen LogP contribution in [0.3, 0.4) is 0 Å². The Morgan fingerprint density at radius 1 is 1.03 bits per heavy atom. The number of benzene rings is 3. The number of hydrogen-bond acceptors (Lipinski definition) is 2. The number of nitrogens with one attached hydrogen (secondary N) is 1. The van der Waals surface area contributed by atoms with E-state index in [0.29, 0.717) is 24.8 Å². The van der Waals surface area contributed by atoms with Crippen molar-refractivity contribution in [2.75, 3.05) is 6.61 Å². The lowest BCUT2D eigenvalue weighted by atomic mass is 9.72. The van der Waals surface area contributed by atoms with Crippen molar-refractivity contribution in [1.29, 1.82) is 0 Å². The molecule has 0 saturated carbocycles. The largest absolute Gasteiger partial charge is 0.494 e. The zero-order chi connectivity index (χ0) is 22.2. The Kier molecular flexibility index (Phi) is 5.48. The molecule has 1 unspecified atom stereocenters. The van der Waals surface area contributed by atoms with E-state index >= 15 is 0 Å². The van der Waals surface area contributed by atoms with Crippen molar-refractivity contribution in [3.05, 3.63) is 88.7 Å². The molecule has 0 spiro atoms. The molecule has 1 aliphatic heterocycles. The van der Waals surface area contributed by atoms with Gasteiger partial charge >= 0.3 is 0 Å². The monoisotopic (exact) mass is 425 g/mol. The quantitative estimate of drug-likeness (QED) is 0.564. The predicted octanol–water partition coefficient (Wildman–Crippen LogP) is 5.30. The normalized spacial score (nSPS) is 17.8. The van der Waals surface area contributed by atoms with Gasteiger partial charge in [0.1, 0.15) is 11.6 Å². The number of rotatable bonds is 5. The van der Waals surface area contributed by atoms with E-state index < -0.39 is 22.9 Å². The molecule has 3 nitrogen and oxygen atoms in total. The molecule has 3 aromatic rings. The topological polar surface area (TPSA) is 38.3 Å². The van der Waals surface area contributed by atoms with E-state index in [0.717, 1.165) is 28.5 Å². The van der Waals surface area contributed by atoms with Crippen LogP contribution in [0.1, 0.15) is 30.5 Å². The van der Waals surface area contributed by atoms with Crippen LogP contribution in [0.2, 0.25) is 0 Å². The highest BCUT2D eigenvalue weighted by Gasteiger charge is 2.41. The summed E-state index contributed by atoms with van der Waals surface area (Å²) < 4.78 is 47.5. The Hall–Kier alpha value is -3.28. The van der Waals surface area contributed by atoms with Gasteiger partial charge in [-0.2, -0.15) is 0 Å². The van der Waals surface area contributed by atoms with Crippen molar-refractivity contribution >= 4 is 5.91 Å². The highest BCUT2D eigenvalue weighted by Crippen LogP contribution is 2.38. The Bertz CT molecular complexity index is 1160. The van der Waals surface area contributed by atoms with Crippen molar-refractivity contribution in [1.82, 2.24) is 5.32 Å². The maximum atomic E-state index is 14.4. The highest BCUT2D eigenvalue weighted by molar-refractivity contribution is 5.91. The highest BCUT2D eigenvalue weighted by atomic mass is 19.2. The van der Waals surface area contributed by atoms with E-state index in [-0.39, 0.29) is 17.9 Å². The second-order valence-electron chi connectivity index (χ2n) is 7.89. The van der Waals surface area contributed by atoms with Gasteiger partial charge in [-0.3, -0.25) is 4.79 Å². The van der Waals surface area contributed by atoms with Crippen LogP contribution >= 0.6 is 0 Å². The molecule has 0 fully saturated rings. The predicted molar refractivity (Wildman–Crippen MR) is 112 cm³/mol. The molecule has 1 heterocycles. The molecular weight excluding hydrogens is 403 g/mol. The molecule has 1 atom stereocenters. The lowest BCUT2D eigenvalue weighted by Gasteiger charge is -2.35. The average molecular weight is 425 g/mol. The van der Waals surface area contributed by atoms with Crippen LogP contribution in [0, 0.1) is 17.5 Å². The molecule has 3 aromatic carbocycles. The zero-order valence-corrected chi connectivity index (χ0v) is 17.3. The van der Waals surface area contributed by atoms with E-state index in [4.69, 9.17) is 4.74 Å². The molecule has 0 bridgehead atoms. The van der Waals surface area contributed by atoms with Gasteiger partial charge in [0.15, 0.2) is 11.6 Å². The van der Waals surface area contributed by atoms with Gasteiger partial charge < -0.3 is 10.1 Å². The van der Waals surface area contributed by atoms with Crippen LogP contribution < -0.4 is 10.1 Å². The lowest BCUT2D eigenvalue weighted by molar-refractivity contribution is -0.127. The van der Waals surface area contributed by atoms with Gasteiger partial charge in [0.05, 0.1) is 12.0 Å². The summed E-state index contributed by atoms with van der Waals surface area (Å²) in [7, 11) is 0. The van der Waals surface area contributed by atoms with Crippen LogP contribution in [0.5, 0.6) is 5.75 Å². The van der Waals surface area contributed by atoms with E-state index in [1.807, 2.05) is 49.4 Å². The summed E-state index contributed by atoms with van der Waals surface area (Å²) in [4.78, 5) is 12.9. The van der Waals surface area contributed by atoms with Gasteiger partial charge in [-0.05, 0) is 72.4 Å². The summed E-state index contributed by atoms with van der Waals surface area (Å²) in [6, 6.07) is 14.8. The molecular formula is C25H22F3NO2. The molecule has 0 radical (unpaired) electrons. The fourth-order valence-electron chi connectivity index (χ4n) is 4.14. The van der Waals surface area contributed by atoms with Gasteiger partial charge in [-0.1, -0.05) is 24.3 Å². The van der Waals surface area contributed by atoms with Crippen molar-refractivity contribution in [2.24, 2.45) is 0 Å². The van der Waals surface area contributed by atoms with E-state index in [9.17, 15) is 18.0 Å². The SMILES string of the molecule is CCOc1cccc(-c2ccc3c(c2)C(C)(Cc2cc(F)cc(F)c2F)C(=O)NC3)c1. The summed E-state index contributed by atoms with van der Waals surface area (Å²) in [6.07, 6.45) is -0.172. The maximum Gasteiger partial charge on any atom is 0.230 e. The minimum Gasteiger partial charge on any atom is -0.494 e. The van der Waals surface area contributed by atoms with Gasteiger partial charge in [-0.25, -0.2) is 13.2 Å². The summed E-state index contributed by atoms with van der Waals surface area (Å²) in [6.45, 7) is 4.46. The molecule has 0 aromatic heterocycles. The summed E-state index contributed by atoms with van der Waals surface area (Å²) in [5, 5.41) is 2.81. The fourth-order valence-corrected chi connectivity index (χ4v) is 4.14. The number of halogens is 3. The number of fused-ring (bicyclic) bond motifs is 1. The summed E-state index contributed by atoms with van der Waals surface area (Å²) >= 11 is 0. The zero-order valence-electron chi connectivity index (χ0n) is 17.3. The standard InChI is InChI=1S/C25H22F3NO2/c1-3-31-20-6-4-5-15(10-20)16-7-8-17-14-29-24(30)25(2,21(17)11-16)13-18-9-19(26)12-22(27)23(18)28/h4-12H,3,13-14H2,1-2H3,(H,29,30). The molecule has 0 saturated heterocycles. The van der Waals surface area contributed by atoms with Crippen molar-refractivity contribution in [3.8, 4) is 16.9 Å². The Labute approximate surface area is 178 Å². The van der Waals surface area contributed by atoms with Crippen LogP contribution in [0.15, 0.2) is 54.6 Å². The average Bonchev–Trinajstić information content (AvgIpc) is 2.75. The molecule has 1 N–H and O–H groups in total. The van der Waals surface area contributed by atoms with Crippen LogP contribution in [-0.4, -0.2) is 12.5 Å². The molecule has 0 aliphatic carbocycles. The second kappa shape index (κ2) is 8.10. The molecule has 31 heavy (non-hydrogen) atoms. The molecule has 160 valence electrons. The number of amides is 1. The van der Waals surface area contributed by atoms with Crippen LogP contribution in [-0.2, 0) is 23.2 Å². The Balaban J connectivity index is 1.80.